The molecule has 1 aliphatic rings. The Hall–Kier alpha value is 0. The molecule has 3 atom stereocenters. The summed E-state index contributed by atoms with van der Waals surface area (Å²) in [7, 11) is 0. The predicted molar refractivity (Wildman–Crippen MR) is 82.8 cm³/mol. The van der Waals surface area contributed by atoms with E-state index in [0.29, 0.717) is 10.8 Å². The van der Waals surface area contributed by atoms with Crippen LogP contribution in [0.25, 0.3) is 0 Å². The first-order chi connectivity index (χ1) is 8.21. The minimum absolute atomic E-state index is 0.574. The third-order valence-corrected chi connectivity index (χ3v) is 6.51. The smallest absolute Gasteiger partial charge is 0.0298 e. The van der Waals surface area contributed by atoms with E-state index in [4.69, 9.17) is 0 Å². The number of rotatable bonds is 3. The molecular weight excluding hydrogens is 216 g/mol. The molecule has 0 aromatic heterocycles. The van der Waals surface area contributed by atoms with Crippen molar-refractivity contribution in [3.05, 3.63) is 0 Å². The number of hydrogen-bond acceptors (Lipinski definition) is 0. The van der Waals surface area contributed by atoms with Gasteiger partial charge in [-0.15, -0.1) is 0 Å². The fraction of sp³-hybridized carbons (Fsp3) is 1.00. The molecule has 1 fully saturated rings. The Kier molecular flexibility index (Phi) is 5.32. The van der Waals surface area contributed by atoms with E-state index >= 15 is 0 Å². The Balaban J connectivity index is 2.80. The van der Waals surface area contributed by atoms with Crippen molar-refractivity contribution in [2.45, 2.75) is 87.0 Å². The second-order valence-electron chi connectivity index (χ2n) is 8.20. The van der Waals surface area contributed by atoms with Gasteiger partial charge in [0.15, 0.2) is 0 Å². The molecule has 3 unspecified atom stereocenters. The van der Waals surface area contributed by atoms with Crippen LogP contribution in [0.5, 0.6) is 0 Å². The molecule has 0 heterocycles. The summed E-state index contributed by atoms with van der Waals surface area (Å²) < 4.78 is 0. The zero-order chi connectivity index (χ0) is 14.0. The minimum Gasteiger partial charge on any atom is -0.0625 e. The fourth-order valence-corrected chi connectivity index (χ4v) is 3.72. The van der Waals surface area contributed by atoms with Gasteiger partial charge < -0.3 is 0 Å². The summed E-state index contributed by atoms with van der Waals surface area (Å²) in [6.45, 7) is 17.2. The Labute approximate surface area is 116 Å². The van der Waals surface area contributed by atoms with Crippen molar-refractivity contribution in [3.63, 3.8) is 0 Å². The van der Waals surface area contributed by atoms with Crippen molar-refractivity contribution < 1.29 is 0 Å². The Bertz CT molecular complexity index is 253. The van der Waals surface area contributed by atoms with Gasteiger partial charge in [-0.2, -0.15) is 0 Å². The molecule has 0 aromatic rings. The first-order valence-corrected chi connectivity index (χ1v) is 8.21. The second-order valence-corrected chi connectivity index (χ2v) is 8.20. The van der Waals surface area contributed by atoms with Crippen LogP contribution in [0.15, 0.2) is 0 Å². The molecule has 0 nitrogen and oxygen atoms in total. The average molecular weight is 252 g/mol. The zero-order valence-corrected chi connectivity index (χ0v) is 14.0. The first kappa shape index (κ1) is 16.1. The lowest BCUT2D eigenvalue weighted by molar-refractivity contribution is 0.0589. The van der Waals surface area contributed by atoms with E-state index in [1.165, 1.54) is 38.5 Å². The molecule has 18 heavy (non-hydrogen) atoms. The van der Waals surface area contributed by atoms with Gasteiger partial charge >= 0.3 is 0 Å². The molecule has 0 bridgehead atoms. The van der Waals surface area contributed by atoms with Gasteiger partial charge in [0.05, 0.1) is 0 Å². The molecule has 1 rings (SSSR count). The summed E-state index contributed by atoms with van der Waals surface area (Å²) in [6.07, 6.45) is 8.63. The molecule has 0 aliphatic heterocycles. The van der Waals surface area contributed by atoms with Gasteiger partial charge in [0.1, 0.15) is 0 Å². The minimum atomic E-state index is 0.574. The van der Waals surface area contributed by atoms with E-state index < -0.39 is 0 Å². The quantitative estimate of drug-likeness (QED) is 0.553. The lowest BCUT2D eigenvalue weighted by Gasteiger charge is -2.45. The molecule has 1 saturated carbocycles. The van der Waals surface area contributed by atoms with Crippen molar-refractivity contribution in [1.82, 2.24) is 0 Å². The summed E-state index contributed by atoms with van der Waals surface area (Å²) in [5.41, 5.74) is 1.16. The Morgan fingerprint density at radius 1 is 0.667 bits per heavy atom. The van der Waals surface area contributed by atoms with Crippen LogP contribution in [0.2, 0.25) is 0 Å². The van der Waals surface area contributed by atoms with E-state index in [1.807, 2.05) is 0 Å². The summed E-state index contributed by atoms with van der Waals surface area (Å²) in [6, 6.07) is 0. The molecule has 0 aromatic carbocycles. The SMILES string of the molecule is CC(C)C(C)C1(C)CCCCC(C)(C(C)C)CC1. The van der Waals surface area contributed by atoms with Crippen LogP contribution in [0.4, 0.5) is 0 Å². The molecule has 0 spiro atoms. The van der Waals surface area contributed by atoms with Gasteiger partial charge in [-0.3, -0.25) is 0 Å². The van der Waals surface area contributed by atoms with Crippen molar-refractivity contribution in [2.75, 3.05) is 0 Å². The maximum Gasteiger partial charge on any atom is -0.0298 e. The molecule has 0 heteroatoms. The lowest BCUT2D eigenvalue weighted by atomic mass is 9.61. The summed E-state index contributed by atoms with van der Waals surface area (Å²) in [5.74, 6) is 2.50. The predicted octanol–water partition coefficient (Wildman–Crippen LogP) is 6.30. The summed E-state index contributed by atoms with van der Waals surface area (Å²) >= 11 is 0. The Morgan fingerprint density at radius 2 is 1.11 bits per heavy atom. The van der Waals surface area contributed by atoms with Crippen molar-refractivity contribution in [3.8, 4) is 0 Å². The third kappa shape index (κ3) is 3.52. The summed E-state index contributed by atoms with van der Waals surface area (Å²) in [4.78, 5) is 0. The second kappa shape index (κ2) is 5.97. The maximum absolute atomic E-state index is 2.56. The van der Waals surface area contributed by atoms with E-state index in [-0.39, 0.29) is 0 Å². The van der Waals surface area contributed by atoms with Crippen LogP contribution in [0, 0.1) is 28.6 Å². The van der Waals surface area contributed by atoms with Gasteiger partial charge in [0, 0.05) is 0 Å². The van der Waals surface area contributed by atoms with Crippen LogP contribution in [-0.4, -0.2) is 0 Å². The largest absolute Gasteiger partial charge is 0.0625 e. The molecule has 0 N–H and O–H groups in total. The highest BCUT2D eigenvalue weighted by molar-refractivity contribution is 4.88. The topological polar surface area (TPSA) is 0 Å². The van der Waals surface area contributed by atoms with Crippen molar-refractivity contribution in [1.29, 1.82) is 0 Å². The highest BCUT2D eigenvalue weighted by Gasteiger charge is 2.38. The standard InChI is InChI=1S/C18H36/c1-14(2)16(5)18(7)11-9-8-10-17(6,12-13-18)15(3)4/h14-16H,8-13H2,1-7H3. The van der Waals surface area contributed by atoms with Gasteiger partial charge in [-0.25, -0.2) is 0 Å². The van der Waals surface area contributed by atoms with Crippen LogP contribution >= 0.6 is 0 Å². The fourth-order valence-electron chi connectivity index (χ4n) is 3.72. The molecule has 0 saturated heterocycles. The maximum atomic E-state index is 2.56. The van der Waals surface area contributed by atoms with Crippen LogP contribution in [0.1, 0.15) is 87.0 Å². The first-order valence-electron chi connectivity index (χ1n) is 8.21. The monoisotopic (exact) mass is 252 g/mol. The van der Waals surface area contributed by atoms with Crippen molar-refractivity contribution in [2.24, 2.45) is 28.6 Å². The average Bonchev–Trinajstić information content (AvgIpc) is 2.29. The molecule has 108 valence electrons. The van der Waals surface area contributed by atoms with E-state index in [0.717, 1.165) is 17.8 Å². The highest BCUT2D eigenvalue weighted by atomic mass is 14.4. The summed E-state index contributed by atoms with van der Waals surface area (Å²) in [5, 5.41) is 0. The zero-order valence-electron chi connectivity index (χ0n) is 14.0. The molecular formula is C18H36. The lowest BCUT2D eigenvalue weighted by Crippen LogP contribution is -2.34. The van der Waals surface area contributed by atoms with Crippen LogP contribution in [-0.2, 0) is 0 Å². The normalized spacial score (nSPS) is 36.5. The van der Waals surface area contributed by atoms with E-state index in [2.05, 4.69) is 48.5 Å². The van der Waals surface area contributed by atoms with Gasteiger partial charge in [0.25, 0.3) is 0 Å². The van der Waals surface area contributed by atoms with Gasteiger partial charge in [-0.1, -0.05) is 61.3 Å². The van der Waals surface area contributed by atoms with E-state index in [9.17, 15) is 0 Å². The molecule has 0 amide bonds. The third-order valence-electron chi connectivity index (χ3n) is 6.51. The van der Waals surface area contributed by atoms with Crippen LogP contribution in [0.3, 0.4) is 0 Å². The highest BCUT2D eigenvalue weighted by Crippen LogP contribution is 2.49. The van der Waals surface area contributed by atoms with Gasteiger partial charge in [0.2, 0.25) is 0 Å². The Morgan fingerprint density at radius 3 is 1.56 bits per heavy atom. The van der Waals surface area contributed by atoms with Gasteiger partial charge in [-0.05, 0) is 54.3 Å². The van der Waals surface area contributed by atoms with E-state index in [1.54, 1.807) is 0 Å². The molecule has 1 aliphatic carbocycles. The van der Waals surface area contributed by atoms with Crippen molar-refractivity contribution >= 4 is 0 Å². The number of hydrogen-bond donors (Lipinski definition) is 0. The molecule has 0 radical (unpaired) electrons. The van der Waals surface area contributed by atoms with Crippen LogP contribution < -0.4 is 0 Å².